The highest BCUT2D eigenvalue weighted by Crippen LogP contribution is 2.31. The molecule has 3 heterocycles. The number of aromatic nitrogens is 2. The fourth-order valence-electron chi connectivity index (χ4n) is 5.44. The monoisotopic (exact) mass is 494 g/mol. The molecule has 0 aliphatic carbocycles. The van der Waals surface area contributed by atoms with Gasteiger partial charge in [0.1, 0.15) is 22.3 Å². The second-order valence-corrected chi connectivity index (χ2v) is 9.33. The van der Waals surface area contributed by atoms with Crippen LogP contribution in [0.25, 0.3) is 66.2 Å². The molecular formula is C32H18N2O4. The predicted octanol–water partition coefficient (Wildman–Crippen LogP) is 6.94. The minimum atomic E-state index is -0.451. The van der Waals surface area contributed by atoms with Crippen LogP contribution in [0.3, 0.4) is 0 Å². The molecule has 38 heavy (non-hydrogen) atoms. The third-order valence-corrected chi connectivity index (χ3v) is 7.20. The van der Waals surface area contributed by atoms with Crippen molar-refractivity contribution in [3.05, 3.63) is 130 Å². The molecule has 0 aliphatic rings. The first-order chi connectivity index (χ1) is 18.7. The second-order valence-electron chi connectivity index (χ2n) is 9.33. The topological polar surface area (TPSA) is 70.3 Å². The normalized spacial score (nSPS) is 11.9. The molecule has 0 radical (unpaired) electrons. The van der Waals surface area contributed by atoms with Crippen molar-refractivity contribution in [3.63, 3.8) is 0 Å². The van der Waals surface area contributed by atoms with Gasteiger partial charge in [-0.25, -0.2) is 9.36 Å². The molecule has 180 valence electrons. The first kappa shape index (κ1) is 20.8. The second kappa shape index (κ2) is 7.57. The molecule has 0 bridgehead atoms. The number of fused-ring (bicyclic) bond motifs is 7. The summed E-state index contributed by atoms with van der Waals surface area (Å²) >= 11 is 0. The lowest BCUT2D eigenvalue weighted by molar-refractivity contribution is 0.668. The molecule has 0 fully saturated rings. The maximum absolute atomic E-state index is 14.2. The first-order valence-corrected chi connectivity index (χ1v) is 12.3. The van der Waals surface area contributed by atoms with Crippen molar-refractivity contribution in [1.82, 2.24) is 9.13 Å². The summed E-state index contributed by atoms with van der Waals surface area (Å²) in [4.78, 5) is 27.9. The van der Waals surface area contributed by atoms with Crippen LogP contribution in [-0.2, 0) is 0 Å². The summed E-state index contributed by atoms with van der Waals surface area (Å²) in [5, 5.41) is 4.08. The molecule has 8 aromatic rings. The summed E-state index contributed by atoms with van der Waals surface area (Å²) in [6.45, 7) is 0. The highest BCUT2D eigenvalue weighted by Gasteiger charge is 2.18. The van der Waals surface area contributed by atoms with E-state index in [9.17, 15) is 9.59 Å². The Hall–Kier alpha value is -5.36. The Balaban J connectivity index is 1.45. The standard InChI is InChI=1S/C32H18N2O4/c35-31-23-9-1-4-10-26(23)33(19-13-15-29-24(17-19)21-7-2-5-11-27(21)37-29)32(36)34(31)20-14-16-30-25(18-20)22-8-3-6-12-28(22)38-30/h1-18H. The average Bonchev–Trinajstić information content (AvgIpc) is 3.51. The lowest BCUT2D eigenvalue weighted by Gasteiger charge is -2.14. The zero-order valence-corrected chi connectivity index (χ0v) is 19.9. The maximum atomic E-state index is 14.2. The Morgan fingerprint density at radius 3 is 1.53 bits per heavy atom. The Kier molecular flexibility index (Phi) is 4.14. The van der Waals surface area contributed by atoms with Crippen molar-refractivity contribution < 1.29 is 8.83 Å². The van der Waals surface area contributed by atoms with Crippen molar-refractivity contribution in [2.45, 2.75) is 0 Å². The van der Waals surface area contributed by atoms with Crippen molar-refractivity contribution in [2.24, 2.45) is 0 Å². The van der Waals surface area contributed by atoms with Gasteiger partial charge in [0.15, 0.2) is 0 Å². The van der Waals surface area contributed by atoms with Crippen molar-refractivity contribution in [2.75, 3.05) is 0 Å². The van der Waals surface area contributed by atoms with Crippen molar-refractivity contribution in [1.29, 1.82) is 0 Å². The van der Waals surface area contributed by atoms with Gasteiger partial charge in [0.25, 0.3) is 5.56 Å². The number of furan rings is 2. The van der Waals surface area contributed by atoms with Crippen LogP contribution < -0.4 is 11.2 Å². The third-order valence-electron chi connectivity index (χ3n) is 7.20. The Morgan fingerprint density at radius 1 is 0.447 bits per heavy atom. The summed E-state index contributed by atoms with van der Waals surface area (Å²) in [7, 11) is 0. The molecular weight excluding hydrogens is 476 g/mol. The van der Waals surface area contributed by atoms with Crippen molar-refractivity contribution in [3.8, 4) is 11.4 Å². The zero-order valence-electron chi connectivity index (χ0n) is 19.9. The lowest BCUT2D eigenvalue weighted by atomic mass is 10.1. The number of nitrogens with zero attached hydrogens (tertiary/aromatic N) is 2. The zero-order chi connectivity index (χ0) is 25.4. The molecule has 0 aliphatic heterocycles. The van der Waals surface area contributed by atoms with Gasteiger partial charge in [0.2, 0.25) is 0 Å². The van der Waals surface area contributed by atoms with Gasteiger partial charge in [-0.2, -0.15) is 0 Å². The lowest BCUT2D eigenvalue weighted by Crippen LogP contribution is -2.38. The van der Waals surface area contributed by atoms with Crippen molar-refractivity contribution >= 4 is 54.8 Å². The Labute approximate surface area is 214 Å². The third kappa shape index (κ3) is 2.82. The van der Waals surface area contributed by atoms with Crippen LogP contribution in [0.2, 0.25) is 0 Å². The molecule has 3 aromatic heterocycles. The Bertz CT molecular complexity index is 2350. The molecule has 6 nitrogen and oxygen atoms in total. The van der Waals surface area contributed by atoms with E-state index in [1.165, 1.54) is 4.57 Å². The quantitative estimate of drug-likeness (QED) is 0.261. The highest BCUT2D eigenvalue weighted by molar-refractivity contribution is 6.06. The van der Waals surface area contributed by atoms with Gasteiger partial charge in [0, 0.05) is 21.5 Å². The summed E-state index contributed by atoms with van der Waals surface area (Å²) < 4.78 is 14.8. The van der Waals surface area contributed by atoms with E-state index in [0.29, 0.717) is 27.9 Å². The van der Waals surface area contributed by atoms with Gasteiger partial charge in [-0.1, -0.05) is 48.5 Å². The minimum absolute atomic E-state index is 0.371. The van der Waals surface area contributed by atoms with E-state index < -0.39 is 5.69 Å². The van der Waals surface area contributed by atoms with Gasteiger partial charge in [-0.3, -0.25) is 9.36 Å². The van der Waals surface area contributed by atoms with Crippen LogP contribution in [0.5, 0.6) is 0 Å². The van der Waals surface area contributed by atoms with E-state index in [4.69, 9.17) is 8.83 Å². The van der Waals surface area contributed by atoms with E-state index >= 15 is 0 Å². The number of para-hydroxylation sites is 3. The number of benzene rings is 5. The Morgan fingerprint density at radius 2 is 0.921 bits per heavy atom. The molecule has 8 rings (SSSR count). The van der Waals surface area contributed by atoms with Crippen LogP contribution in [0.4, 0.5) is 0 Å². The van der Waals surface area contributed by atoms with Gasteiger partial charge in [0.05, 0.1) is 22.3 Å². The first-order valence-electron chi connectivity index (χ1n) is 12.3. The SMILES string of the molecule is O=c1c2ccccc2n(-c2ccc3oc4ccccc4c3c2)c(=O)n1-c1ccc2oc3ccccc3c2c1. The molecule has 6 heteroatoms. The number of hydrogen-bond acceptors (Lipinski definition) is 4. The minimum Gasteiger partial charge on any atom is -0.456 e. The molecule has 0 N–H and O–H groups in total. The number of hydrogen-bond donors (Lipinski definition) is 0. The van der Waals surface area contributed by atoms with Crippen LogP contribution in [0.15, 0.2) is 128 Å². The molecule has 0 saturated heterocycles. The smallest absolute Gasteiger partial charge is 0.340 e. The van der Waals surface area contributed by atoms with Gasteiger partial charge >= 0.3 is 5.69 Å². The van der Waals surface area contributed by atoms with Crippen LogP contribution in [-0.4, -0.2) is 9.13 Å². The van der Waals surface area contributed by atoms with E-state index in [1.54, 1.807) is 28.8 Å². The molecule has 0 saturated carbocycles. The molecule has 0 atom stereocenters. The summed E-state index contributed by atoms with van der Waals surface area (Å²) in [6, 6.07) is 33.8. The summed E-state index contributed by atoms with van der Waals surface area (Å²) in [6.07, 6.45) is 0. The van der Waals surface area contributed by atoms with Crippen LogP contribution in [0, 0.1) is 0 Å². The van der Waals surface area contributed by atoms with Crippen LogP contribution >= 0.6 is 0 Å². The van der Waals surface area contributed by atoms with E-state index in [1.807, 2.05) is 84.9 Å². The predicted molar refractivity (Wildman–Crippen MR) is 150 cm³/mol. The van der Waals surface area contributed by atoms with Crippen LogP contribution in [0.1, 0.15) is 0 Å². The fraction of sp³-hybridized carbons (Fsp3) is 0. The summed E-state index contributed by atoms with van der Waals surface area (Å²) in [5.41, 5.74) is 3.81. The van der Waals surface area contributed by atoms with Gasteiger partial charge in [-0.15, -0.1) is 0 Å². The van der Waals surface area contributed by atoms with E-state index in [-0.39, 0.29) is 5.56 Å². The van der Waals surface area contributed by atoms with E-state index in [2.05, 4.69) is 0 Å². The molecule has 5 aromatic carbocycles. The molecule has 0 unspecified atom stereocenters. The molecule has 0 amide bonds. The molecule has 0 spiro atoms. The van der Waals surface area contributed by atoms with Gasteiger partial charge < -0.3 is 8.83 Å². The maximum Gasteiger partial charge on any atom is 0.340 e. The number of rotatable bonds is 2. The largest absolute Gasteiger partial charge is 0.456 e. The van der Waals surface area contributed by atoms with E-state index in [0.717, 1.165) is 38.3 Å². The highest BCUT2D eigenvalue weighted by atomic mass is 16.3. The summed E-state index contributed by atoms with van der Waals surface area (Å²) in [5.74, 6) is 0. The average molecular weight is 495 g/mol. The van der Waals surface area contributed by atoms with Gasteiger partial charge in [-0.05, 0) is 60.7 Å². The fourth-order valence-corrected chi connectivity index (χ4v) is 5.44.